The normalized spacial score (nSPS) is 18.9. The molecule has 0 bridgehead atoms. The molecule has 0 saturated carbocycles. The summed E-state index contributed by atoms with van der Waals surface area (Å²) in [6.07, 6.45) is 1.72. The molecule has 0 saturated heterocycles. The zero-order valence-electron chi connectivity index (χ0n) is 47.8. The molecular weight excluding hydrogens is 647 g/mol. The number of hydrogen-bond donors (Lipinski definition) is 1. The van der Waals surface area contributed by atoms with E-state index in [1.165, 1.54) is 4.57 Å². The van der Waals surface area contributed by atoms with Crippen LogP contribution in [0.4, 0.5) is 0 Å². The van der Waals surface area contributed by atoms with Crippen LogP contribution in [0.5, 0.6) is 5.75 Å². The van der Waals surface area contributed by atoms with Crippen LogP contribution in [0.1, 0.15) is 109 Å². The molecule has 0 radical (unpaired) electrons. The maximum atomic E-state index is 12.6. The van der Waals surface area contributed by atoms with Crippen molar-refractivity contribution in [1.29, 1.82) is 0 Å². The van der Waals surface area contributed by atoms with Gasteiger partial charge in [-0.3, -0.25) is 9.55 Å². The van der Waals surface area contributed by atoms with E-state index in [1.54, 1.807) is 54.7 Å². The lowest BCUT2D eigenvalue weighted by Crippen LogP contribution is -2.17. The van der Waals surface area contributed by atoms with Gasteiger partial charge in [-0.25, -0.2) is 4.98 Å². The fourth-order valence-corrected chi connectivity index (χ4v) is 6.62. The van der Waals surface area contributed by atoms with Gasteiger partial charge in [0.15, 0.2) is 0 Å². The Bertz CT molecular complexity index is 3060. The fraction of sp³-hybridized carbons (Fsp3) is 0.265. The predicted molar refractivity (Wildman–Crippen MR) is 223 cm³/mol. The van der Waals surface area contributed by atoms with E-state index in [4.69, 9.17) is 34.6 Å². The standard InChI is InChI=1S/C49H51N3O/c1-31-16-14-17-32(24-31)33-22-23-50-42(28-33)35-25-34(26-36(27-35)47(2,3)4)39-20-15-21-43-44(39)51-46(52(43)38-18-12-11-13-19-38)40-29-37(48(5,6)7)30-41(45(40)53)49(8,9)10/h11-30,53H,1-10H3/i5D3,6D3,7D3,8D3,9D3,10D3. The largest absolute Gasteiger partial charge is 0.507 e. The van der Waals surface area contributed by atoms with Crippen LogP contribution in [0, 0.1) is 6.92 Å². The van der Waals surface area contributed by atoms with E-state index in [1.807, 2.05) is 76.2 Å². The minimum absolute atomic E-state index is 0.207. The van der Waals surface area contributed by atoms with Crippen molar-refractivity contribution in [3.63, 3.8) is 0 Å². The smallest absolute Gasteiger partial charge is 0.149 e. The number of fused-ring (bicyclic) bond motifs is 1. The molecule has 7 rings (SSSR count). The number of pyridine rings is 1. The Labute approximate surface area is 340 Å². The van der Waals surface area contributed by atoms with Crippen molar-refractivity contribution < 1.29 is 29.8 Å². The molecule has 1 N–H and O–H groups in total. The van der Waals surface area contributed by atoms with Crippen LogP contribution in [0.2, 0.25) is 0 Å². The number of aromatic hydroxyl groups is 1. The van der Waals surface area contributed by atoms with Crippen LogP contribution in [0.15, 0.2) is 121 Å². The summed E-state index contributed by atoms with van der Waals surface area (Å²) in [7, 11) is 0. The quantitative estimate of drug-likeness (QED) is 0.193. The molecule has 7 aromatic rings. The SMILES string of the molecule is [2H]C([2H])([2H])C(c1cc(-c2nc3c(-c4cc(-c5cc(-c6cccc(C)c6)ccn5)cc(C(C)(C)C)c4)cccc3n2-c2ccccc2)c(O)c(C(C([2H])([2H])[2H])(C([2H])([2H])[2H])C([2H])([2H])[2H])c1)(C([2H])([2H])[2H])C([2H])([2H])[2H]. The molecule has 0 aliphatic rings. The van der Waals surface area contributed by atoms with Gasteiger partial charge in [0.05, 0.1) is 22.3 Å². The van der Waals surface area contributed by atoms with Gasteiger partial charge in [0, 0.05) is 53.2 Å². The van der Waals surface area contributed by atoms with E-state index >= 15 is 0 Å². The van der Waals surface area contributed by atoms with Crippen molar-refractivity contribution in [2.75, 3.05) is 0 Å². The maximum absolute atomic E-state index is 12.6. The van der Waals surface area contributed by atoms with Gasteiger partial charge in [0.1, 0.15) is 11.6 Å². The number of hydrogen-bond acceptors (Lipinski definition) is 3. The van der Waals surface area contributed by atoms with Crippen LogP contribution in [-0.2, 0) is 16.2 Å². The molecule has 4 heteroatoms. The molecule has 2 heterocycles. The number of para-hydroxylation sites is 2. The summed E-state index contributed by atoms with van der Waals surface area (Å²) in [6.45, 7) is -16.2. The van der Waals surface area contributed by atoms with E-state index in [0.29, 0.717) is 34.1 Å². The highest BCUT2D eigenvalue weighted by atomic mass is 16.3. The Morgan fingerprint density at radius 3 is 2.02 bits per heavy atom. The first-order valence-electron chi connectivity index (χ1n) is 26.1. The molecule has 5 aromatic carbocycles. The van der Waals surface area contributed by atoms with Crippen molar-refractivity contribution in [1.82, 2.24) is 14.5 Å². The highest BCUT2D eigenvalue weighted by Crippen LogP contribution is 2.45. The summed E-state index contributed by atoms with van der Waals surface area (Å²) in [4.78, 5) is 9.77. The Morgan fingerprint density at radius 2 is 1.30 bits per heavy atom. The van der Waals surface area contributed by atoms with Gasteiger partial charge in [-0.1, -0.05) is 134 Å². The van der Waals surface area contributed by atoms with Gasteiger partial charge in [0.25, 0.3) is 0 Å². The molecule has 268 valence electrons. The van der Waals surface area contributed by atoms with Crippen molar-refractivity contribution in [2.24, 2.45) is 0 Å². The Balaban J connectivity index is 1.67. The van der Waals surface area contributed by atoms with Crippen molar-refractivity contribution in [2.45, 2.75) is 85.1 Å². The number of imidazole rings is 1. The second-order valence-electron chi connectivity index (χ2n) is 14.5. The lowest BCUT2D eigenvalue weighted by Gasteiger charge is -2.27. The lowest BCUT2D eigenvalue weighted by atomic mass is 9.79. The molecule has 4 nitrogen and oxygen atoms in total. The number of phenolic OH excluding ortho intramolecular Hbond substituents is 1. The van der Waals surface area contributed by atoms with E-state index in [2.05, 4.69) is 6.07 Å². The molecule has 0 aliphatic carbocycles. The average Bonchev–Trinajstić information content (AvgIpc) is 3.61. The molecule has 0 fully saturated rings. The average molecular weight is 716 g/mol. The van der Waals surface area contributed by atoms with E-state index < -0.39 is 79.8 Å². The number of aryl methyl sites for hydroxylation is 1. The third kappa shape index (κ3) is 7.03. The van der Waals surface area contributed by atoms with Crippen LogP contribution in [0.25, 0.3) is 61.6 Å². The van der Waals surface area contributed by atoms with Crippen LogP contribution in [0.3, 0.4) is 0 Å². The number of aromatic nitrogens is 3. The topological polar surface area (TPSA) is 50.9 Å². The van der Waals surface area contributed by atoms with Gasteiger partial charge >= 0.3 is 0 Å². The molecular formula is C49H51N3O. The molecule has 0 amide bonds. The Morgan fingerprint density at radius 1 is 0.604 bits per heavy atom. The summed E-state index contributed by atoms with van der Waals surface area (Å²) < 4.78 is 156. The predicted octanol–water partition coefficient (Wildman–Crippen LogP) is 13.0. The van der Waals surface area contributed by atoms with Gasteiger partial charge < -0.3 is 5.11 Å². The van der Waals surface area contributed by atoms with Gasteiger partial charge in [-0.2, -0.15) is 0 Å². The zero-order valence-corrected chi connectivity index (χ0v) is 29.8. The third-order valence-corrected chi connectivity index (χ3v) is 9.40. The van der Waals surface area contributed by atoms with E-state index in [0.717, 1.165) is 27.8 Å². The highest BCUT2D eigenvalue weighted by molar-refractivity contribution is 5.97. The van der Waals surface area contributed by atoms with Gasteiger partial charge in [0.2, 0.25) is 0 Å². The number of benzene rings is 5. The molecule has 53 heavy (non-hydrogen) atoms. The van der Waals surface area contributed by atoms with E-state index in [9.17, 15) is 5.11 Å². The summed E-state index contributed by atoms with van der Waals surface area (Å²) >= 11 is 0. The first-order chi connectivity index (χ1) is 32.5. The summed E-state index contributed by atoms with van der Waals surface area (Å²) in [6, 6.07) is 32.2. The van der Waals surface area contributed by atoms with E-state index in [-0.39, 0.29) is 17.4 Å². The lowest BCUT2D eigenvalue weighted by molar-refractivity contribution is 0.446. The van der Waals surface area contributed by atoms with Crippen LogP contribution < -0.4 is 0 Å². The van der Waals surface area contributed by atoms with Crippen molar-refractivity contribution in [3.8, 4) is 56.3 Å². The maximum Gasteiger partial charge on any atom is 0.149 e. The second kappa shape index (κ2) is 13.2. The first kappa shape index (κ1) is 20.1. The first-order valence-corrected chi connectivity index (χ1v) is 17.1. The highest BCUT2D eigenvalue weighted by Gasteiger charge is 2.29. The van der Waals surface area contributed by atoms with Gasteiger partial charge in [-0.15, -0.1) is 0 Å². The van der Waals surface area contributed by atoms with Crippen LogP contribution >= 0.6 is 0 Å². The zero-order chi connectivity index (χ0) is 52.9. The summed E-state index contributed by atoms with van der Waals surface area (Å²) in [5, 5.41) is 12.6. The third-order valence-electron chi connectivity index (χ3n) is 9.40. The fourth-order valence-electron chi connectivity index (χ4n) is 6.62. The summed E-state index contributed by atoms with van der Waals surface area (Å²) in [5.41, 5.74) is -4.67. The minimum Gasteiger partial charge on any atom is -0.507 e. The monoisotopic (exact) mass is 716 g/mol. The number of rotatable bonds is 5. The van der Waals surface area contributed by atoms with Crippen molar-refractivity contribution >= 4 is 11.0 Å². The number of nitrogens with zero attached hydrogens (tertiary/aromatic N) is 3. The molecule has 0 unspecified atom stereocenters. The molecule has 0 aliphatic heterocycles. The molecule has 0 spiro atoms. The molecule has 2 aromatic heterocycles. The number of phenols is 1. The second-order valence-corrected chi connectivity index (χ2v) is 14.5. The minimum atomic E-state index is -4.09. The Hall–Kier alpha value is -5.48. The molecule has 0 atom stereocenters. The van der Waals surface area contributed by atoms with Gasteiger partial charge in [-0.05, 0) is 99.5 Å². The Kier molecular flexibility index (Phi) is 5.00. The van der Waals surface area contributed by atoms with Crippen LogP contribution in [-0.4, -0.2) is 19.6 Å². The summed E-state index contributed by atoms with van der Waals surface area (Å²) in [5.74, 6) is -1.72. The van der Waals surface area contributed by atoms with Crippen molar-refractivity contribution in [3.05, 3.63) is 144 Å².